The number of hydrogen-bond donors (Lipinski definition) is 1. The summed E-state index contributed by atoms with van der Waals surface area (Å²) in [6, 6.07) is 83.2. The number of rotatable bonds is 10. The van der Waals surface area contributed by atoms with E-state index < -0.39 is 10.8 Å². The number of hydrogen-bond acceptors (Lipinski definition) is 3. The molecule has 1 N–H and O–H groups in total. The number of nitrogens with zero attached hydrogens (tertiary/aromatic N) is 2. The molecule has 9 aromatic rings. The van der Waals surface area contributed by atoms with Crippen LogP contribution >= 0.6 is 0 Å². The largest absolute Gasteiger partial charge is 0.359 e. The van der Waals surface area contributed by atoms with Gasteiger partial charge in [-0.15, -0.1) is 0 Å². The molecule has 0 saturated carbocycles. The van der Waals surface area contributed by atoms with Crippen LogP contribution in [0.15, 0.2) is 279 Å². The minimum Gasteiger partial charge on any atom is -0.359 e. The molecule has 13 rings (SSSR count). The van der Waals surface area contributed by atoms with E-state index in [9.17, 15) is 0 Å². The van der Waals surface area contributed by atoms with Crippen LogP contribution in [0.4, 0.5) is 39.8 Å². The summed E-state index contributed by atoms with van der Waals surface area (Å²) in [6.07, 6.45) is 15.2. The number of anilines is 7. The Kier molecular flexibility index (Phi) is 10.5. The molecule has 72 heavy (non-hydrogen) atoms. The van der Waals surface area contributed by atoms with E-state index in [1.165, 1.54) is 72.5 Å². The van der Waals surface area contributed by atoms with Crippen LogP contribution in [0.2, 0.25) is 0 Å². The standard InChI is InChI=1S/C69H53N3/c1-3-22-56-57-29-14-17-32-61(57)68(60(56)4-2)64-35-20-21-36-65(64)69(62-33-18-15-30-58(62)59-31-16-19-34-63(59)69)66-46-45-55(47-67(66)68)72(52-39-37-49(38-40-52)70-48-23-8-5-9-24-48)54-43-41-53(42-44-54)71(50-25-10-6-11-26-50)51-27-12-7-13-28-51/h3-8,10-23,25-47,70H,2,9,24H2,1H3/b22-3-. The van der Waals surface area contributed by atoms with Crippen LogP contribution in [0.5, 0.6) is 0 Å². The molecular weight excluding hydrogens is 871 g/mol. The van der Waals surface area contributed by atoms with Crippen LogP contribution in [-0.4, -0.2) is 0 Å². The second kappa shape index (κ2) is 17.5. The van der Waals surface area contributed by atoms with Gasteiger partial charge in [0.1, 0.15) is 0 Å². The fraction of sp³-hybridized carbons (Fsp3) is 0.0725. The van der Waals surface area contributed by atoms with Crippen LogP contribution in [-0.2, 0) is 10.8 Å². The van der Waals surface area contributed by atoms with Crippen molar-refractivity contribution in [3.05, 3.63) is 323 Å². The minimum atomic E-state index is -0.690. The summed E-state index contributed by atoms with van der Waals surface area (Å²) in [5.41, 5.74) is 22.7. The van der Waals surface area contributed by atoms with Crippen LogP contribution in [0.3, 0.4) is 0 Å². The van der Waals surface area contributed by atoms with E-state index >= 15 is 0 Å². The molecule has 0 aromatic heterocycles. The molecule has 0 amide bonds. The fourth-order valence-corrected chi connectivity index (χ4v) is 12.7. The highest BCUT2D eigenvalue weighted by Gasteiger charge is 2.59. The Hall–Kier alpha value is -8.92. The van der Waals surface area contributed by atoms with E-state index in [1.54, 1.807) is 0 Å². The van der Waals surface area contributed by atoms with Crippen molar-refractivity contribution in [2.45, 2.75) is 30.6 Å². The second-order valence-corrected chi connectivity index (χ2v) is 19.1. The first kappa shape index (κ1) is 43.1. The summed E-state index contributed by atoms with van der Waals surface area (Å²) in [7, 11) is 0. The van der Waals surface area contributed by atoms with Crippen LogP contribution < -0.4 is 15.1 Å². The molecule has 0 aliphatic heterocycles. The Labute approximate surface area is 423 Å². The SMILES string of the molecule is C=CC1=C(/C=C\C)c2ccccc2C12c1ccccc1C1(c3ccccc3-c3ccccc31)c1ccc(N(c3ccc(NC4=CC=CCC4)cc3)c3ccc(N(c4ccccc4)c4ccccc4)cc3)cc12. The molecule has 4 aliphatic carbocycles. The molecule has 1 atom stereocenters. The highest BCUT2D eigenvalue weighted by Crippen LogP contribution is 2.67. The first-order chi connectivity index (χ1) is 35.6. The normalized spacial score (nSPS) is 16.4. The molecule has 4 aliphatic rings. The summed E-state index contributed by atoms with van der Waals surface area (Å²) >= 11 is 0. The first-order valence-corrected chi connectivity index (χ1v) is 25.2. The summed E-state index contributed by atoms with van der Waals surface area (Å²) in [5, 5.41) is 3.71. The van der Waals surface area contributed by atoms with Gasteiger partial charge in [0.25, 0.3) is 0 Å². The number of nitrogens with one attached hydrogen (secondary N) is 1. The lowest BCUT2D eigenvalue weighted by atomic mass is 9.52. The second-order valence-electron chi connectivity index (χ2n) is 19.1. The zero-order chi connectivity index (χ0) is 48.2. The van der Waals surface area contributed by atoms with E-state index in [0.29, 0.717) is 0 Å². The average molecular weight is 924 g/mol. The lowest BCUT2D eigenvalue weighted by molar-refractivity contribution is 0.630. The molecule has 3 nitrogen and oxygen atoms in total. The third-order valence-electron chi connectivity index (χ3n) is 15.4. The lowest BCUT2D eigenvalue weighted by Crippen LogP contribution is -2.44. The molecular formula is C69H53N3. The minimum absolute atomic E-state index is 0.589. The molecule has 0 fully saturated rings. The number of fused-ring (bicyclic) bond motifs is 13. The van der Waals surface area contributed by atoms with Crippen molar-refractivity contribution in [3.63, 3.8) is 0 Å². The monoisotopic (exact) mass is 923 g/mol. The molecule has 0 heterocycles. The van der Waals surface area contributed by atoms with Gasteiger partial charge in [0.05, 0.1) is 10.8 Å². The van der Waals surface area contributed by atoms with Gasteiger partial charge < -0.3 is 15.1 Å². The number of benzene rings is 9. The molecule has 0 saturated heterocycles. The van der Waals surface area contributed by atoms with Gasteiger partial charge in [0, 0.05) is 45.5 Å². The molecule has 344 valence electrons. The van der Waals surface area contributed by atoms with Crippen LogP contribution in [0.25, 0.3) is 16.7 Å². The van der Waals surface area contributed by atoms with Crippen LogP contribution in [0, 0.1) is 0 Å². The Morgan fingerprint density at radius 2 is 0.889 bits per heavy atom. The molecule has 3 heteroatoms. The molecule has 0 radical (unpaired) electrons. The van der Waals surface area contributed by atoms with Gasteiger partial charge in [-0.25, -0.2) is 0 Å². The van der Waals surface area contributed by atoms with Gasteiger partial charge in [-0.2, -0.15) is 0 Å². The van der Waals surface area contributed by atoms with Gasteiger partial charge in [0.2, 0.25) is 0 Å². The van der Waals surface area contributed by atoms with Crippen molar-refractivity contribution in [1.29, 1.82) is 0 Å². The maximum Gasteiger partial charge on any atom is 0.0720 e. The summed E-state index contributed by atoms with van der Waals surface area (Å²) in [6.45, 7) is 6.78. The molecule has 0 bridgehead atoms. The van der Waals surface area contributed by atoms with E-state index in [-0.39, 0.29) is 0 Å². The van der Waals surface area contributed by atoms with E-state index in [2.05, 4.69) is 290 Å². The van der Waals surface area contributed by atoms with Gasteiger partial charge in [-0.3, -0.25) is 0 Å². The highest BCUT2D eigenvalue weighted by atomic mass is 15.2. The molecule has 2 spiro atoms. The van der Waals surface area contributed by atoms with Crippen molar-refractivity contribution in [2.75, 3.05) is 15.1 Å². The van der Waals surface area contributed by atoms with E-state index in [4.69, 9.17) is 0 Å². The van der Waals surface area contributed by atoms with Gasteiger partial charge >= 0.3 is 0 Å². The summed E-state index contributed by atoms with van der Waals surface area (Å²) < 4.78 is 0. The third kappa shape index (κ3) is 6.44. The Balaban J connectivity index is 1.08. The smallest absolute Gasteiger partial charge is 0.0720 e. The van der Waals surface area contributed by atoms with Crippen molar-refractivity contribution < 1.29 is 0 Å². The predicted octanol–water partition coefficient (Wildman–Crippen LogP) is 17.8. The zero-order valence-corrected chi connectivity index (χ0v) is 40.3. The average Bonchev–Trinajstić information content (AvgIpc) is 3.90. The number of allylic oxidation sites excluding steroid dienone is 9. The lowest BCUT2D eigenvalue weighted by Gasteiger charge is -2.49. The highest BCUT2D eigenvalue weighted by molar-refractivity contribution is 5.97. The van der Waals surface area contributed by atoms with E-state index in [0.717, 1.165) is 52.7 Å². The maximum absolute atomic E-state index is 4.66. The summed E-state index contributed by atoms with van der Waals surface area (Å²) in [5.74, 6) is 0. The van der Waals surface area contributed by atoms with Crippen molar-refractivity contribution in [1.82, 2.24) is 0 Å². The van der Waals surface area contributed by atoms with Gasteiger partial charge in [0.15, 0.2) is 0 Å². The number of para-hydroxylation sites is 2. The Morgan fingerprint density at radius 3 is 1.43 bits per heavy atom. The summed E-state index contributed by atoms with van der Waals surface area (Å²) in [4.78, 5) is 4.76. The third-order valence-corrected chi connectivity index (χ3v) is 15.4. The quantitative estimate of drug-likeness (QED) is 0.147. The van der Waals surface area contributed by atoms with Gasteiger partial charge in [-0.05, 0) is 178 Å². The molecule has 9 aromatic carbocycles. The van der Waals surface area contributed by atoms with Crippen molar-refractivity contribution in [2.24, 2.45) is 0 Å². The first-order valence-electron chi connectivity index (χ1n) is 25.2. The van der Waals surface area contributed by atoms with Crippen molar-refractivity contribution in [3.8, 4) is 11.1 Å². The maximum atomic E-state index is 4.66. The fourth-order valence-electron chi connectivity index (χ4n) is 12.7. The topological polar surface area (TPSA) is 18.5 Å². The molecule has 1 unspecified atom stereocenters. The van der Waals surface area contributed by atoms with Crippen molar-refractivity contribution >= 4 is 45.4 Å². The Morgan fingerprint density at radius 1 is 0.444 bits per heavy atom. The van der Waals surface area contributed by atoms with E-state index in [1.807, 2.05) is 0 Å². The Bertz CT molecular complexity index is 3600. The van der Waals surface area contributed by atoms with Gasteiger partial charge in [-0.1, -0.05) is 176 Å². The predicted molar refractivity (Wildman–Crippen MR) is 301 cm³/mol. The zero-order valence-electron chi connectivity index (χ0n) is 40.3. The van der Waals surface area contributed by atoms with Crippen LogP contribution in [0.1, 0.15) is 64.3 Å².